The molecular formula is C16H19N5O. The third-order valence-electron chi connectivity index (χ3n) is 3.68. The molecule has 6 heteroatoms. The van der Waals surface area contributed by atoms with Crippen LogP contribution >= 0.6 is 0 Å². The smallest absolute Gasteiger partial charge is 0.231 e. The summed E-state index contributed by atoms with van der Waals surface area (Å²) in [5.41, 5.74) is 7.77. The summed E-state index contributed by atoms with van der Waals surface area (Å²) in [5, 5.41) is 4.52. The van der Waals surface area contributed by atoms with Crippen LogP contribution in [0.4, 0.5) is 11.8 Å². The number of nitrogens with zero attached hydrogens (tertiary/aromatic N) is 2. The van der Waals surface area contributed by atoms with Crippen molar-refractivity contribution in [3.05, 3.63) is 24.4 Å². The largest absolute Gasteiger partial charge is 0.383 e. The molecule has 0 atom stereocenters. The van der Waals surface area contributed by atoms with Crippen molar-refractivity contribution in [3.63, 3.8) is 0 Å². The van der Waals surface area contributed by atoms with Crippen LogP contribution < -0.4 is 11.1 Å². The summed E-state index contributed by atoms with van der Waals surface area (Å²) < 4.78 is 0. The van der Waals surface area contributed by atoms with Gasteiger partial charge in [-0.2, -0.15) is 4.98 Å². The number of fused-ring (bicyclic) bond motifs is 3. The molecule has 22 heavy (non-hydrogen) atoms. The van der Waals surface area contributed by atoms with Crippen LogP contribution in [0.5, 0.6) is 0 Å². The van der Waals surface area contributed by atoms with Gasteiger partial charge in [0.1, 0.15) is 5.82 Å². The second kappa shape index (κ2) is 6.01. The van der Waals surface area contributed by atoms with Gasteiger partial charge in [0.05, 0.1) is 10.9 Å². The minimum absolute atomic E-state index is 0.0741. The zero-order valence-corrected chi connectivity index (χ0v) is 12.5. The standard InChI is InChI=1S/C16H19N5O/c1-2-3-4-5-13(22)20-16-19-12-7-6-11-10(8-9-18-11)14(12)15(17)21-16/h6-9,18H,2-5H2,1H3,(H3,17,19,20,21,22). The first-order valence-electron chi connectivity index (χ1n) is 7.52. The highest BCUT2D eigenvalue weighted by molar-refractivity contribution is 6.10. The van der Waals surface area contributed by atoms with Crippen LogP contribution in [0.2, 0.25) is 0 Å². The molecule has 0 saturated carbocycles. The van der Waals surface area contributed by atoms with Crippen molar-refractivity contribution in [1.82, 2.24) is 15.0 Å². The highest BCUT2D eigenvalue weighted by Crippen LogP contribution is 2.28. The van der Waals surface area contributed by atoms with Gasteiger partial charge in [-0.25, -0.2) is 4.98 Å². The highest BCUT2D eigenvalue weighted by atomic mass is 16.1. The van der Waals surface area contributed by atoms with Crippen LogP contribution in [0.3, 0.4) is 0 Å². The van der Waals surface area contributed by atoms with Crippen molar-refractivity contribution in [2.24, 2.45) is 0 Å². The highest BCUT2D eigenvalue weighted by Gasteiger charge is 2.11. The molecular weight excluding hydrogens is 278 g/mol. The van der Waals surface area contributed by atoms with Crippen LogP contribution in [0.15, 0.2) is 24.4 Å². The van der Waals surface area contributed by atoms with Gasteiger partial charge in [-0.1, -0.05) is 19.8 Å². The number of aromatic nitrogens is 3. The molecule has 0 bridgehead atoms. The number of hydrogen-bond donors (Lipinski definition) is 3. The van der Waals surface area contributed by atoms with Crippen molar-refractivity contribution < 1.29 is 4.79 Å². The molecule has 2 aromatic heterocycles. The lowest BCUT2D eigenvalue weighted by Crippen LogP contribution is -2.14. The van der Waals surface area contributed by atoms with Gasteiger partial charge in [0.15, 0.2) is 0 Å². The Morgan fingerprint density at radius 3 is 2.95 bits per heavy atom. The Kier molecular flexibility index (Phi) is 3.91. The Hall–Kier alpha value is -2.63. The zero-order chi connectivity index (χ0) is 15.5. The van der Waals surface area contributed by atoms with Gasteiger partial charge < -0.3 is 10.7 Å². The van der Waals surface area contributed by atoms with Gasteiger partial charge >= 0.3 is 0 Å². The predicted octanol–water partition coefficient (Wildman–Crippen LogP) is 3.21. The number of nitrogens with one attached hydrogen (secondary N) is 2. The Balaban J connectivity index is 1.89. The molecule has 4 N–H and O–H groups in total. The van der Waals surface area contributed by atoms with E-state index in [1.165, 1.54) is 0 Å². The van der Waals surface area contributed by atoms with Crippen molar-refractivity contribution in [1.29, 1.82) is 0 Å². The van der Waals surface area contributed by atoms with Gasteiger partial charge in [0, 0.05) is 23.5 Å². The second-order valence-electron chi connectivity index (χ2n) is 5.34. The maximum Gasteiger partial charge on any atom is 0.231 e. The molecule has 6 nitrogen and oxygen atoms in total. The van der Waals surface area contributed by atoms with E-state index >= 15 is 0 Å². The molecule has 0 aliphatic rings. The fourth-order valence-corrected chi connectivity index (χ4v) is 2.57. The lowest BCUT2D eigenvalue weighted by molar-refractivity contribution is -0.116. The van der Waals surface area contributed by atoms with Crippen molar-refractivity contribution in [3.8, 4) is 0 Å². The number of carbonyl (C=O) groups excluding carboxylic acids is 1. The first-order chi connectivity index (χ1) is 10.7. The average molecular weight is 297 g/mol. The molecule has 0 unspecified atom stereocenters. The van der Waals surface area contributed by atoms with Gasteiger partial charge in [-0.05, 0) is 24.6 Å². The van der Waals surface area contributed by atoms with E-state index in [9.17, 15) is 4.79 Å². The normalized spacial score (nSPS) is 11.1. The van der Waals surface area contributed by atoms with Crippen LogP contribution in [0.25, 0.3) is 21.8 Å². The number of nitrogens with two attached hydrogens (primary N) is 1. The molecule has 0 radical (unpaired) electrons. The van der Waals surface area contributed by atoms with Crippen molar-refractivity contribution >= 4 is 39.5 Å². The summed E-state index contributed by atoms with van der Waals surface area (Å²) >= 11 is 0. The van der Waals surface area contributed by atoms with E-state index in [4.69, 9.17) is 5.73 Å². The topological polar surface area (TPSA) is 96.7 Å². The molecule has 3 aromatic rings. The molecule has 1 amide bonds. The van der Waals surface area contributed by atoms with E-state index in [1.54, 1.807) is 0 Å². The van der Waals surface area contributed by atoms with E-state index in [0.29, 0.717) is 12.2 Å². The first kappa shape index (κ1) is 14.3. The van der Waals surface area contributed by atoms with Crippen LogP contribution in [0.1, 0.15) is 32.6 Å². The lowest BCUT2D eigenvalue weighted by Gasteiger charge is -2.07. The van der Waals surface area contributed by atoms with E-state index in [-0.39, 0.29) is 11.9 Å². The summed E-state index contributed by atoms with van der Waals surface area (Å²) in [6.07, 6.45) is 5.33. The molecule has 0 fully saturated rings. The Labute approximate surface area is 128 Å². The third-order valence-corrected chi connectivity index (χ3v) is 3.68. The van der Waals surface area contributed by atoms with Crippen LogP contribution in [-0.2, 0) is 4.79 Å². The number of H-pyrrole nitrogens is 1. The SMILES string of the molecule is CCCCCC(=O)Nc1nc(N)c2c(ccc3[nH]ccc32)n1. The number of unbranched alkanes of at least 4 members (excludes halogenated alkanes) is 2. The van der Waals surface area contributed by atoms with Crippen molar-refractivity contribution in [2.75, 3.05) is 11.1 Å². The predicted molar refractivity (Wildman–Crippen MR) is 88.6 cm³/mol. The molecule has 3 rings (SSSR count). The number of benzene rings is 1. The monoisotopic (exact) mass is 297 g/mol. The number of amides is 1. The molecule has 0 saturated heterocycles. The van der Waals surface area contributed by atoms with Gasteiger partial charge in [-0.3, -0.25) is 10.1 Å². The summed E-state index contributed by atoms with van der Waals surface area (Å²) in [7, 11) is 0. The van der Waals surface area contributed by atoms with Crippen LogP contribution in [-0.4, -0.2) is 20.9 Å². The maximum absolute atomic E-state index is 11.9. The van der Waals surface area contributed by atoms with Gasteiger partial charge in [0.25, 0.3) is 0 Å². The van der Waals surface area contributed by atoms with E-state index in [0.717, 1.165) is 41.1 Å². The summed E-state index contributed by atoms with van der Waals surface area (Å²) in [6.45, 7) is 2.10. The quantitative estimate of drug-likeness (QED) is 0.630. The van der Waals surface area contributed by atoms with Gasteiger partial charge in [-0.15, -0.1) is 0 Å². The fourth-order valence-electron chi connectivity index (χ4n) is 2.57. The Morgan fingerprint density at radius 1 is 1.27 bits per heavy atom. The molecule has 0 aliphatic carbocycles. The zero-order valence-electron chi connectivity index (χ0n) is 12.5. The number of nitrogen functional groups attached to an aromatic ring is 1. The molecule has 1 aromatic carbocycles. The first-order valence-corrected chi connectivity index (χ1v) is 7.52. The summed E-state index contributed by atoms with van der Waals surface area (Å²) in [6, 6.07) is 5.76. The number of carbonyl (C=O) groups is 1. The lowest BCUT2D eigenvalue weighted by atomic mass is 10.1. The fraction of sp³-hybridized carbons (Fsp3) is 0.312. The van der Waals surface area contributed by atoms with Crippen LogP contribution in [0, 0.1) is 0 Å². The molecule has 2 heterocycles. The summed E-state index contributed by atoms with van der Waals surface area (Å²) in [4.78, 5) is 23.6. The number of rotatable bonds is 5. The Bertz CT molecular complexity index is 824. The van der Waals surface area contributed by atoms with E-state index in [2.05, 4.69) is 27.2 Å². The molecule has 114 valence electrons. The Morgan fingerprint density at radius 2 is 2.14 bits per heavy atom. The number of anilines is 2. The summed E-state index contributed by atoms with van der Waals surface area (Å²) in [5.74, 6) is 0.565. The minimum Gasteiger partial charge on any atom is -0.383 e. The van der Waals surface area contributed by atoms with Crippen molar-refractivity contribution in [2.45, 2.75) is 32.6 Å². The average Bonchev–Trinajstić information content (AvgIpc) is 2.95. The number of aromatic amines is 1. The molecule has 0 aliphatic heterocycles. The second-order valence-corrected chi connectivity index (χ2v) is 5.34. The minimum atomic E-state index is -0.0741. The molecule has 0 spiro atoms. The van der Waals surface area contributed by atoms with Gasteiger partial charge in [0.2, 0.25) is 11.9 Å². The number of hydrogen-bond acceptors (Lipinski definition) is 4. The maximum atomic E-state index is 11.9. The third kappa shape index (κ3) is 2.72. The van der Waals surface area contributed by atoms with E-state index < -0.39 is 0 Å². The van der Waals surface area contributed by atoms with E-state index in [1.807, 2.05) is 24.4 Å².